The van der Waals surface area contributed by atoms with Gasteiger partial charge in [0.25, 0.3) is 0 Å². The topological polar surface area (TPSA) is 44.8 Å². The van der Waals surface area contributed by atoms with E-state index in [2.05, 4.69) is 12.2 Å². The van der Waals surface area contributed by atoms with Crippen molar-refractivity contribution in [2.45, 2.75) is 12.3 Å². The number of ether oxygens (including phenoxy) is 3. The van der Waals surface area contributed by atoms with Gasteiger partial charge in [0.15, 0.2) is 11.5 Å². The maximum atomic E-state index is 11.9. The summed E-state index contributed by atoms with van der Waals surface area (Å²) in [7, 11) is 0. The molecule has 3 aliphatic rings. The highest BCUT2D eigenvalue weighted by Gasteiger charge is 2.43. The van der Waals surface area contributed by atoms with Crippen LogP contribution in [0, 0.1) is 11.8 Å². The molecule has 0 N–H and O–H groups in total. The normalized spacial score (nSPS) is 31.2. The predicted octanol–water partition coefficient (Wildman–Crippen LogP) is 2.25. The smallest absolute Gasteiger partial charge is 0.310 e. The van der Waals surface area contributed by atoms with Gasteiger partial charge in [-0.1, -0.05) is 18.2 Å². The molecular weight excluding hydrogens is 244 g/mol. The minimum atomic E-state index is -0.0722. The fraction of sp³-hybridized carbons (Fsp3) is 0.400. The number of cyclic esters (lactones) is 1. The number of hydrogen-bond acceptors (Lipinski definition) is 4. The minimum Gasteiger partial charge on any atom is -0.465 e. The fourth-order valence-electron chi connectivity index (χ4n) is 3.19. The predicted molar refractivity (Wildman–Crippen MR) is 67.0 cm³/mol. The second kappa shape index (κ2) is 4.02. The summed E-state index contributed by atoms with van der Waals surface area (Å²) in [5.41, 5.74) is 1.09. The molecule has 98 valence electrons. The summed E-state index contributed by atoms with van der Waals surface area (Å²) in [6.07, 6.45) is 5.20. The highest BCUT2D eigenvalue weighted by molar-refractivity contribution is 5.77. The molecule has 0 aromatic heterocycles. The Morgan fingerprint density at radius 1 is 1.11 bits per heavy atom. The van der Waals surface area contributed by atoms with Crippen molar-refractivity contribution in [3.05, 3.63) is 35.9 Å². The monoisotopic (exact) mass is 258 g/mol. The number of hydrogen-bond donors (Lipinski definition) is 0. The van der Waals surface area contributed by atoms with Crippen molar-refractivity contribution in [3.8, 4) is 11.5 Å². The van der Waals surface area contributed by atoms with Gasteiger partial charge >= 0.3 is 5.97 Å². The van der Waals surface area contributed by atoms with Crippen LogP contribution in [0.1, 0.15) is 17.9 Å². The lowest BCUT2D eigenvalue weighted by molar-refractivity contribution is -0.141. The molecule has 0 bridgehead atoms. The molecule has 1 aromatic rings. The van der Waals surface area contributed by atoms with E-state index >= 15 is 0 Å². The summed E-state index contributed by atoms with van der Waals surface area (Å²) < 4.78 is 15.9. The zero-order valence-corrected chi connectivity index (χ0v) is 10.4. The van der Waals surface area contributed by atoms with Gasteiger partial charge in [-0.05, 0) is 24.1 Å². The second-order valence-corrected chi connectivity index (χ2v) is 5.22. The molecule has 1 fully saturated rings. The average Bonchev–Trinajstić information content (AvgIpc) is 3.05. The number of esters is 1. The first-order chi connectivity index (χ1) is 9.33. The first kappa shape index (κ1) is 10.9. The maximum absolute atomic E-state index is 11.9. The first-order valence-electron chi connectivity index (χ1n) is 6.56. The Balaban J connectivity index is 1.73. The number of carbonyl (C=O) groups is 1. The summed E-state index contributed by atoms with van der Waals surface area (Å²) in [4.78, 5) is 11.9. The maximum Gasteiger partial charge on any atom is 0.310 e. The molecule has 4 nitrogen and oxygen atoms in total. The Morgan fingerprint density at radius 2 is 2.00 bits per heavy atom. The minimum absolute atomic E-state index is 0.0506. The third-order valence-corrected chi connectivity index (χ3v) is 4.17. The van der Waals surface area contributed by atoms with Gasteiger partial charge in [0.05, 0.1) is 12.5 Å². The Bertz CT molecular complexity index is 563. The molecule has 0 spiro atoms. The third kappa shape index (κ3) is 1.63. The zero-order valence-electron chi connectivity index (χ0n) is 10.4. The number of carbonyl (C=O) groups excluding carboxylic acids is 1. The van der Waals surface area contributed by atoms with Crippen LogP contribution in [0.3, 0.4) is 0 Å². The number of rotatable bonds is 1. The van der Waals surface area contributed by atoms with Crippen molar-refractivity contribution in [3.63, 3.8) is 0 Å². The Labute approximate surface area is 111 Å². The van der Waals surface area contributed by atoms with E-state index in [9.17, 15) is 4.79 Å². The second-order valence-electron chi connectivity index (χ2n) is 5.22. The van der Waals surface area contributed by atoms with E-state index in [1.165, 1.54) is 0 Å². The van der Waals surface area contributed by atoms with Gasteiger partial charge in [-0.25, -0.2) is 0 Å². The molecular formula is C15H14O4. The van der Waals surface area contributed by atoms with Crippen molar-refractivity contribution in [2.24, 2.45) is 11.8 Å². The lowest BCUT2D eigenvalue weighted by Gasteiger charge is -2.26. The molecule has 0 radical (unpaired) electrons. The van der Waals surface area contributed by atoms with Crippen LogP contribution in [-0.2, 0) is 9.53 Å². The fourth-order valence-corrected chi connectivity index (χ4v) is 3.19. The molecule has 2 aliphatic heterocycles. The van der Waals surface area contributed by atoms with Crippen LogP contribution < -0.4 is 9.47 Å². The van der Waals surface area contributed by atoms with Crippen molar-refractivity contribution in [1.82, 2.24) is 0 Å². The van der Waals surface area contributed by atoms with Crippen LogP contribution in [0.5, 0.6) is 11.5 Å². The van der Waals surface area contributed by atoms with Crippen LogP contribution in [0.25, 0.3) is 0 Å². The van der Waals surface area contributed by atoms with E-state index in [1.807, 2.05) is 18.2 Å². The van der Waals surface area contributed by atoms with E-state index < -0.39 is 0 Å². The quantitative estimate of drug-likeness (QED) is 0.572. The summed E-state index contributed by atoms with van der Waals surface area (Å²) in [5, 5.41) is 0. The molecule has 1 aromatic carbocycles. The molecule has 0 saturated carbocycles. The lowest BCUT2D eigenvalue weighted by atomic mass is 9.74. The zero-order chi connectivity index (χ0) is 12.8. The SMILES string of the molecule is O=C1OC[C@H]2CC=C[C@H](c3ccc4c(c3)OCO4)[C@H]12. The summed E-state index contributed by atoms with van der Waals surface area (Å²) in [6.45, 7) is 0.822. The van der Waals surface area contributed by atoms with E-state index in [4.69, 9.17) is 14.2 Å². The molecule has 19 heavy (non-hydrogen) atoms. The van der Waals surface area contributed by atoms with Gasteiger partial charge < -0.3 is 14.2 Å². The van der Waals surface area contributed by atoms with Crippen LogP contribution in [0.4, 0.5) is 0 Å². The molecule has 1 saturated heterocycles. The molecule has 1 aliphatic carbocycles. The van der Waals surface area contributed by atoms with Crippen LogP contribution in [0.2, 0.25) is 0 Å². The van der Waals surface area contributed by atoms with E-state index in [1.54, 1.807) is 0 Å². The molecule has 2 heterocycles. The van der Waals surface area contributed by atoms with Crippen molar-refractivity contribution in [1.29, 1.82) is 0 Å². The van der Waals surface area contributed by atoms with Gasteiger partial charge in [-0.2, -0.15) is 0 Å². The number of fused-ring (bicyclic) bond motifs is 2. The molecule has 4 rings (SSSR count). The van der Waals surface area contributed by atoms with E-state index in [0.717, 1.165) is 23.5 Å². The molecule has 3 atom stereocenters. The molecule has 0 unspecified atom stereocenters. The van der Waals surface area contributed by atoms with Crippen molar-refractivity contribution < 1.29 is 19.0 Å². The summed E-state index contributed by atoms with van der Waals surface area (Å²) in [6, 6.07) is 5.90. The Kier molecular flexibility index (Phi) is 2.31. The van der Waals surface area contributed by atoms with E-state index in [-0.39, 0.29) is 24.6 Å². The van der Waals surface area contributed by atoms with Gasteiger partial charge in [0.2, 0.25) is 6.79 Å². The van der Waals surface area contributed by atoms with Crippen molar-refractivity contribution >= 4 is 5.97 Å². The average molecular weight is 258 g/mol. The first-order valence-corrected chi connectivity index (χ1v) is 6.56. The van der Waals surface area contributed by atoms with Gasteiger partial charge in [-0.3, -0.25) is 4.79 Å². The van der Waals surface area contributed by atoms with Crippen LogP contribution >= 0.6 is 0 Å². The number of benzene rings is 1. The number of allylic oxidation sites excluding steroid dienone is 2. The molecule has 4 heteroatoms. The van der Waals surface area contributed by atoms with E-state index in [0.29, 0.717) is 12.5 Å². The Morgan fingerprint density at radius 3 is 2.95 bits per heavy atom. The summed E-state index contributed by atoms with van der Waals surface area (Å²) >= 11 is 0. The Hall–Kier alpha value is -1.97. The van der Waals surface area contributed by atoms with Gasteiger partial charge in [0.1, 0.15) is 0 Å². The summed E-state index contributed by atoms with van der Waals surface area (Å²) in [5.74, 6) is 1.81. The van der Waals surface area contributed by atoms with Crippen molar-refractivity contribution in [2.75, 3.05) is 13.4 Å². The third-order valence-electron chi connectivity index (χ3n) is 4.17. The lowest BCUT2D eigenvalue weighted by Crippen LogP contribution is -2.25. The standard InChI is InChI=1S/C15H14O4/c16-15-14-10(7-17-15)2-1-3-11(14)9-4-5-12-13(6-9)19-8-18-12/h1,3-6,10-11,14H,2,7-8H2/t10-,11-,14-/m1/s1. The van der Waals surface area contributed by atoms with Crippen LogP contribution in [0.15, 0.2) is 30.4 Å². The highest BCUT2D eigenvalue weighted by atomic mass is 16.7. The van der Waals surface area contributed by atoms with Gasteiger partial charge in [0, 0.05) is 11.8 Å². The van der Waals surface area contributed by atoms with Gasteiger partial charge in [-0.15, -0.1) is 0 Å². The largest absolute Gasteiger partial charge is 0.465 e. The molecule has 0 amide bonds. The highest BCUT2D eigenvalue weighted by Crippen LogP contribution is 2.44. The van der Waals surface area contributed by atoms with Crippen LogP contribution in [-0.4, -0.2) is 19.4 Å².